The van der Waals surface area contributed by atoms with Gasteiger partial charge in [0, 0.05) is 35.9 Å². The first-order valence-corrected chi connectivity index (χ1v) is 7.86. The number of aromatic amines is 1. The average molecular weight is 306 g/mol. The number of hydrogen-bond acceptors (Lipinski definition) is 3. The van der Waals surface area contributed by atoms with Gasteiger partial charge in [0.1, 0.15) is 0 Å². The number of aromatic nitrogens is 3. The fourth-order valence-corrected chi connectivity index (χ4v) is 3.24. The van der Waals surface area contributed by atoms with Gasteiger partial charge in [0.05, 0.1) is 17.3 Å². The maximum Gasteiger partial charge on any atom is 0.255 e. The Morgan fingerprint density at radius 1 is 1.30 bits per heavy atom. The van der Waals surface area contributed by atoms with Gasteiger partial charge in [0.2, 0.25) is 0 Å². The van der Waals surface area contributed by atoms with E-state index in [1.165, 1.54) is 0 Å². The number of carbonyl (C=O) groups is 1. The number of carbonyl (C=O) groups excluding carboxylic acids is 1. The number of H-pyrrole nitrogens is 1. The maximum atomic E-state index is 12.9. The van der Waals surface area contributed by atoms with Crippen molar-refractivity contribution in [3.05, 3.63) is 59.5 Å². The van der Waals surface area contributed by atoms with Crippen molar-refractivity contribution < 1.29 is 4.79 Å². The third-order valence-corrected chi connectivity index (χ3v) is 4.38. The van der Waals surface area contributed by atoms with E-state index in [-0.39, 0.29) is 5.91 Å². The lowest BCUT2D eigenvalue weighted by atomic mass is 10.1. The summed E-state index contributed by atoms with van der Waals surface area (Å²) >= 11 is 0. The van der Waals surface area contributed by atoms with Gasteiger partial charge < -0.3 is 4.90 Å². The number of pyridine rings is 1. The lowest BCUT2D eigenvalue weighted by molar-refractivity contribution is 0.0725. The van der Waals surface area contributed by atoms with Crippen LogP contribution in [0.3, 0.4) is 0 Å². The van der Waals surface area contributed by atoms with Crippen LogP contribution in [0.4, 0.5) is 0 Å². The molecule has 1 atom stereocenters. The van der Waals surface area contributed by atoms with E-state index in [2.05, 4.69) is 22.1 Å². The van der Waals surface area contributed by atoms with E-state index < -0.39 is 0 Å². The Balaban J connectivity index is 1.67. The summed E-state index contributed by atoms with van der Waals surface area (Å²) in [6.45, 7) is 3.50. The average Bonchev–Trinajstić information content (AvgIpc) is 2.93. The number of fused-ring (bicyclic) bond motifs is 2. The number of nitrogens with one attached hydrogen (secondary N) is 1. The molecule has 5 heteroatoms. The predicted molar refractivity (Wildman–Crippen MR) is 87.9 cm³/mol. The molecular formula is C18H18N4O. The predicted octanol–water partition coefficient (Wildman–Crippen LogP) is 2.79. The molecule has 0 saturated heterocycles. The molecule has 0 bridgehead atoms. The largest absolute Gasteiger partial charge is 0.334 e. The number of nitrogens with zero attached hydrogens (tertiary/aromatic N) is 3. The Labute approximate surface area is 134 Å². The van der Waals surface area contributed by atoms with Crippen molar-refractivity contribution in [1.29, 1.82) is 0 Å². The summed E-state index contributed by atoms with van der Waals surface area (Å²) in [5, 5.41) is 8.15. The first-order chi connectivity index (χ1) is 11.2. The molecule has 0 aliphatic carbocycles. The van der Waals surface area contributed by atoms with Crippen molar-refractivity contribution in [2.75, 3.05) is 6.54 Å². The second-order valence-corrected chi connectivity index (χ2v) is 6.29. The summed E-state index contributed by atoms with van der Waals surface area (Å²) in [5.74, 6) is 0.429. The van der Waals surface area contributed by atoms with Crippen molar-refractivity contribution in [1.82, 2.24) is 20.1 Å². The van der Waals surface area contributed by atoms with Gasteiger partial charge in [0.15, 0.2) is 0 Å². The standard InChI is InChI=1S/C18H18N4O/c1-12-6-17-15(9-20-21-17)11-22(10-12)18(23)14-7-13-4-2-3-5-16(13)19-8-14/h2-5,7-9,12H,6,10-11H2,1H3,(H,20,21). The van der Waals surface area contributed by atoms with Gasteiger partial charge in [-0.1, -0.05) is 25.1 Å². The summed E-state index contributed by atoms with van der Waals surface area (Å²) in [5.41, 5.74) is 3.80. The van der Waals surface area contributed by atoms with E-state index in [9.17, 15) is 4.79 Å². The van der Waals surface area contributed by atoms with E-state index in [1.807, 2.05) is 41.4 Å². The number of hydrogen-bond donors (Lipinski definition) is 1. The molecule has 4 rings (SSSR count). The molecule has 2 aromatic heterocycles. The second-order valence-electron chi connectivity index (χ2n) is 6.29. The van der Waals surface area contributed by atoms with Crippen molar-refractivity contribution in [2.45, 2.75) is 19.9 Å². The molecule has 1 aliphatic rings. The maximum absolute atomic E-state index is 12.9. The Bertz CT molecular complexity index is 870. The number of amides is 1. The number of benzene rings is 1. The molecule has 0 radical (unpaired) electrons. The highest BCUT2D eigenvalue weighted by molar-refractivity contribution is 5.97. The molecule has 0 saturated carbocycles. The zero-order chi connectivity index (χ0) is 15.8. The van der Waals surface area contributed by atoms with E-state index >= 15 is 0 Å². The van der Waals surface area contributed by atoms with Gasteiger partial charge in [-0.05, 0) is 24.5 Å². The highest BCUT2D eigenvalue weighted by Gasteiger charge is 2.25. The topological polar surface area (TPSA) is 61.9 Å². The van der Waals surface area contributed by atoms with Crippen LogP contribution in [0, 0.1) is 5.92 Å². The monoisotopic (exact) mass is 306 g/mol. The molecule has 1 aromatic carbocycles. The third-order valence-electron chi connectivity index (χ3n) is 4.38. The summed E-state index contributed by atoms with van der Waals surface area (Å²) in [6, 6.07) is 9.78. The van der Waals surface area contributed by atoms with Crippen molar-refractivity contribution >= 4 is 16.8 Å². The lowest BCUT2D eigenvalue weighted by Gasteiger charge is -2.23. The van der Waals surface area contributed by atoms with Crippen LogP contribution in [-0.4, -0.2) is 32.5 Å². The van der Waals surface area contributed by atoms with Crippen LogP contribution in [-0.2, 0) is 13.0 Å². The Kier molecular flexibility index (Phi) is 3.33. The summed E-state index contributed by atoms with van der Waals surface area (Å²) in [4.78, 5) is 19.2. The Morgan fingerprint density at radius 2 is 2.17 bits per heavy atom. The summed E-state index contributed by atoms with van der Waals surface area (Å²) in [7, 11) is 0. The SMILES string of the molecule is CC1Cc2[nH]ncc2CN(C(=O)c2cnc3ccccc3c2)C1. The molecular weight excluding hydrogens is 288 g/mol. The number of rotatable bonds is 1. The van der Waals surface area contributed by atoms with Gasteiger partial charge in [-0.15, -0.1) is 0 Å². The van der Waals surface area contributed by atoms with Gasteiger partial charge >= 0.3 is 0 Å². The molecule has 5 nitrogen and oxygen atoms in total. The Morgan fingerprint density at radius 3 is 3.09 bits per heavy atom. The van der Waals surface area contributed by atoms with Crippen LogP contribution in [0.2, 0.25) is 0 Å². The van der Waals surface area contributed by atoms with E-state index in [0.717, 1.165) is 35.1 Å². The minimum Gasteiger partial charge on any atom is -0.334 e. The van der Waals surface area contributed by atoms with E-state index in [0.29, 0.717) is 18.0 Å². The highest BCUT2D eigenvalue weighted by Crippen LogP contribution is 2.22. The molecule has 116 valence electrons. The molecule has 1 amide bonds. The first kappa shape index (κ1) is 13.9. The molecule has 1 unspecified atom stereocenters. The molecule has 3 heterocycles. The first-order valence-electron chi connectivity index (χ1n) is 7.86. The number of para-hydroxylation sites is 1. The molecule has 0 spiro atoms. The van der Waals surface area contributed by atoms with Crippen LogP contribution in [0.1, 0.15) is 28.5 Å². The minimum atomic E-state index is 0.0316. The van der Waals surface area contributed by atoms with Crippen molar-refractivity contribution in [3.8, 4) is 0 Å². The van der Waals surface area contributed by atoms with Crippen LogP contribution >= 0.6 is 0 Å². The van der Waals surface area contributed by atoms with Crippen LogP contribution in [0.15, 0.2) is 42.7 Å². The normalized spacial score (nSPS) is 17.8. The van der Waals surface area contributed by atoms with E-state index in [1.54, 1.807) is 6.20 Å². The molecule has 1 N–H and O–H groups in total. The van der Waals surface area contributed by atoms with Crippen LogP contribution in [0.5, 0.6) is 0 Å². The van der Waals surface area contributed by atoms with Crippen molar-refractivity contribution in [3.63, 3.8) is 0 Å². The molecule has 23 heavy (non-hydrogen) atoms. The zero-order valence-electron chi connectivity index (χ0n) is 13.0. The molecule has 0 fully saturated rings. The zero-order valence-corrected chi connectivity index (χ0v) is 13.0. The lowest BCUT2D eigenvalue weighted by Crippen LogP contribution is -2.33. The van der Waals surface area contributed by atoms with Gasteiger partial charge in [-0.3, -0.25) is 14.9 Å². The fourth-order valence-electron chi connectivity index (χ4n) is 3.24. The van der Waals surface area contributed by atoms with Gasteiger partial charge in [0.25, 0.3) is 5.91 Å². The Hall–Kier alpha value is -2.69. The molecule has 3 aromatic rings. The van der Waals surface area contributed by atoms with Gasteiger partial charge in [-0.2, -0.15) is 5.10 Å². The summed E-state index contributed by atoms with van der Waals surface area (Å²) < 4.78 is 0. The van der Waals surface area contributed by atoms with E-state index in [4.69, 9.17) is 0 Å². The quantitative estimate of drug-likeness (QED) is 0.752. The fraction of sp³-hybridized carbons (Fsp3) is 0.278. The summed E-state index contributed by atoms with van der Waals surface area (Å²) in [6.07, 6.45) is 4.43. The third kappa shape index (κ3) is 2.59. The minimum absolute atomic E-state index is 0.0316. The van der Waals surface area contributed by atoms with Crippen LogP contribution in [0.25, 0.3) is 10.9 Å². The molecule has 1 aliphatic heterocycles. The smallest absolute Gasteiger partial charge is 0.255 e. The highest BCUT2D eigenvalue weighted by atomic mass is 16.2. The van der Waals surface area contributed by atoms with Gasteiger partial charge in [-0.25, -0.2) is 0 Å². The van der Waals surface area contributed by atoms with Crippen LogP contribution < -0.4 is 0 Å². The second kappa shape index (κ2) is 5.50. The van der Waals surface area contributed by atoms with Crippen molar-refractivity contribution in [2.24, 2.45) is 5.92 Å².